The fourth-order valence-electron chi connectivity index (χ4n) is 4.23. The number of H-pyrrole nitrogens is 1. The lowest BCUT2D eigenvalue weighted by molar-refractivity contribution is -0.0474. The normalized spacial score (nSPS) is 33.3. The molecule has 0 radical (unpaired) electrons. The molecule has 0 spiro atoms. The minimum Gasteiger partial charge on any atom is -0.390 e. The number of aliphatic hydroxyl groups excluding tert-OH is 4. The zero-order chi connectivity index (χ0) is 23.2. The summed E-state index contributed by atoms with van der Waals surface area (Å²) in [6.45, 7) is -0.304. The lowest BCUT2D eigenvalue weighted by Gasteiger charge is -2.18. The number of rotatable bonds is 7. The van der Waals surface area contributed by atoms with E-state index >= 15 is 0 Å². The summed E-state index contributed by atoms with van der Waals surface area (Å²) in [7, 11) is -2.92. The van der Waals surface area contributed by atoms with Crippen molar-refractivity contribution in [3.05, 3.63) is 22.1 Å². The van der Waals surface area contributed by atoms with Gasteiger partial charge in [-0.3, -0.25) is 9.78 Å². The first-order valence-electron chi connectivity index (χ1n) is 9.96. The quantitative estimate of drug-likeness (QED) is 0.196. The van der Waals surface area contributed by atoms with Gasteiger partial charge in [0.25, 0.3) is 5.56 Å². The second-order valence-corrected chi connectivity index (χ2v) is 8.65. The van der Waals surface area contributed by atoms with Crippen LogP contribution in [0.5, 0.6) is 0 Å². The van der Waals surface area contributed by atoms with Crippen molar-refractivity contribution in [3.8, 4) is 0 Å². The first-order chi connectivity index (χ1) is 15.2. The van der Waals surface area contributed by atoms with E-state index in [1.165, 1.54) is 10.8 Å². The number of fused-ring (bicyclic) bond motifs is 1. The second-order valence-electron chi connectivity index (χ2n) is 7.91. The average Bonchev–Trinajstić information content (AvgIpc) is 3.34. The summed E-state index contributed by atoms with van der Waals surface area (Å²) in [6, 6.07) is -0.374. The van der Waals surface area contributed by atoms with Gasteiger partial charge in [0.1, 0.15) is 24.9 Å². The van der Waals surface area contributed by atoms with Gasteiger partial charge in [0, 0.05) is 23.3 Å². The third-order valence-corrected chi connectivity index (χ3v) is 6.24. The van der Waals surface area contributed by atoms with Crippen molar-refractivity contribution in [1.82, 2.24) is 19.9 Å². The van der Waals surface area contributed by atoms with E-state index < -0.39 is 57.2 Å². The van der Waals surface area contributed by atoms with Crippen molar-refractivity contribution in [3.63, 3.8) is 0 Å². The molecule has 0 bridgehead atoms. The summed E-state index contributed by atoms with van der Waals surface area (Å²) < 4.78 is 22.4. The van der Waals surface area contributed by atoms with Gasteiger partial charge >= 0.3 is 8.25 Å². The number of nitrogens with zero attached hydrogens (tertiary/aromatic N) is 2. The zero-order valence-corrected chi connectivity index (χ0v) is 17.6. The molecule has 4 rings (SSSR count). The molecule has 1 saturated carbocycles. The van der Waals surface area contributed by atoms with Crippen molar-refractivity contribution >= 4 is 25.2 Å². The number of nitrogen functional groups attached to an aromatic ring is 1. The molecule has 1 unspecified atom stereocenters. The van der Waals surface area contributed by atoms with Gasteiger partial charge in [0.2, 0.25) is 5.95 Å². The van der Waals surface area contributed by atoms with Gasteiger partial charge in [-0.05, 0) is 18.4 Å². The first kappa shape index (κ1) is 23.2. The highest BCUT2D eigenvalue weighted by atomic mass is 31.1. The van der Waals surface area contributed by atoms with Crippen LogP contribution in [0.2, 0.25) is 0 Å². The second kappa shape index (κ2) is 9.09. The fraction of sp³-hybridized carbons (Fsp3) is 0.647. The predicted octanol–water partition coefficient (Wildman–Crippen LogP) is -2.43. The summed E-state index contributed by atoms with van der Waals surface area (Å²) in [5.41, 5.74) is 5.72. The molecule has 1 aliphatic heterocycles. The number of aromatic nitrogens is 3. The lowest BCUT2D eigenvalue weighted by atomic mass is 10.1. The van der Waals surface area contributed by atoms with Crippen LogP contribution in [-0.2, 0) is 20.4 Å². The molecule has 176 valence electrons. The molecule has 1 saturated heterocycles. The van der Waals surface area contributed by atoms with Crippen LogP contribution in [0, 0.1) is 0 Å². The molecule has 2 aromatic rings. The number of nitrogens with two attached hydrogens (primary N) is 1. The minimum atomic E-state index is -2.92. The maximum Gasteiger partial charge on any atom is 0.694 e. The van der Waals surface area contributed by atoms with E-state index in [1.54, 1.807) is 0 Å². The van der Waals surface area contributed by atoms with E-state index in [0.717, 1.165) is 0 Å². The molecule has 32 heavy (non-hydrogen) atoms. The maximum absolute atomic E-state index is 12.6. The summed E-state index contributed by atoms with van der Waals surface area (Å²) in [6.07, 6.45) is -4.42. The van der Waals surface area contributed by atoms with E-state index in [-0.39, 0.29) is 29.6 Å². The van der Waals surface area contributed by atoms with Crippen LogP contribution in [0.25, 0.3) is 11.0 Å². The topological polar surface area (TPSA) is 225 Å². The van der Waals surface area contributed by atoms with Crippen molar-refractivity contribution < 1.29 is 39.1 Å². The average molecular weight is 474 g/mol. The molecule has 2 aromatic heterocycles. The molecule has 14 nitrogen and oxygen atoms in total. The van der Waals surface area contributed by atoms with Gasteiger partial charge in [-0.1, -0.05) is 0 Å². The highest BCUT2D eigenvalue weighted by Crippen LogP contribution is 2.34. The van der Waals surface area contributed by atoms with Crippen LogP contribution in [0.3, 0.4) is 0 Å². The molecule has 0 amide bonds. The van der Waals surface area contributed by atoms with Crippen molar-refractivity contribution in [2.45, 2.75) is 62.2 Å². The number of hydrogen-bond acceptors (Lipinski definition) is 11. The number of aromatic amines is 1. The van der Waals surface area contributed by atoms with E-state index in [1.807, 2.05) is 0 Å². The van der Waals surface area contributed by atoms with Crippen molar-refractivity contribution in [1.29, 1.82) is 0 Å². The minimum absolute atomic E-state index is 0.0982. The number of ether oxygens (including phenoxy) is 1. The SMILES string of the molecule is Nc1nc2c(c(CN[C@H]3CC[C@H](O)[C@@H]3O)cn2[C@@H]2O[C@H](CO[P+](=O)O)[C@@H](O)[C@H]2O)c(=O)[nH]1. The summed E-state index contributed by atoms with van der Waals surface area (Å²) in [5.74, 6) is -0.166. The van der Waals surface area contributed by atoms with E-state index in [0.29, 0.717) is 18.4 Å². The Morgan fingerprint density at radius 2 is 2.03 bits per heavy atom. The molecular formula is C17H25N5O9P+. The molecule has 0 aromatic carbocycles. The Bertz CT molecular complexity index is 1060. The van der Waals surface area contributed by atoms with Crippen LogP contribution < -0.4 is 16.6 Å². The fourth-order valence-corrected chi connectivity index (χ4v) is 4.51. The van der Waals surface area contributed by atoms with E-state index in [2.05, 4.69) is 19.8 Å². The van der Waals surface area contributed by atoms with Gasteiger partial charge in [-0.2, -0.15) is 4.98 Å². The summed E-state index contributed by atoms with van der Waals surface area (Å²) in [4.78, 5) is 28.0. The summed E-state index contributed by atoms with van der Waals surface area (Å²) >= 11 is 0. The Morgan fingerprint density at radius 3 is 2.69 bits per heavy atom. The Kier molecular flexibility index (Phi) is 6.58. The summed E-state index contributed by atoms with van der Waals surface area (Å²) in [5, 5.41) is 43.8. The van der Waals surface area contributed by atoms with Crippen molar-refractivity contribution in [2.24, 2.45) is 0 Å². The van der Waals surface area contributed by atoms with Crippen LogP contribution in [-0.4, -0.2) is 83.0 Å². The van der Waals surface area contributed by atoms with Gasteiger partial charge in [-0.15, -0.1) is 9.42 Å². The standard InChI is InChI=1S/C17H24N5O9P/c18-17-20-14-10(15(27)21-17)6(3-19-7-1-2-8(23)11(7)24)4-22(14)16-13(26)12(25)9(31-16)5-30-32(28)29/h4,7-9,11-13,16,19,23-26H,1-3,5H2,(H3-,18,20,21,27,28,29)/p+1/t7-,8-,9+,11+,12+,13+,16+/m0/s1. The first-order valence-corrected chi connectivity index (χ1v) is 11.1. The smallest absolute Gasteiger partial charge is 0.390 e. The number of anilines is 1. The Balaban J connectivity index is 1.65. The number of hydrogen-bond donors (Lipinski definition) is 8. The largest absolute Gasteiger partial charge is 0.694 e. The van der Waals surface area contributed by atoms with E-state index in [4.69, 9.17) is 15.4 Å². The Labute approximate surface area is 181 Å². The molecule has 8 atom stereocenters. The molecule has 9 N–H and O–H groups in total. The molecule has 1 aliphatic carbocycles. The van der Waals surface area contributed by atoms with Gasteiger partial charge in [0.05, 0.1) is 17.6 Å². The monoisotopic (exact) mass is 474 g/mol. The van der Waals surface area contributed by atoms with Crippen LogP contribution in [0.4, 0.5) is 5.95 Å². The molecule has 15 heteroatoms. The van der Waals surface area contributed by atoms with E-state index in [9.17, 15) is 29.8 Å². The van der Waals surface area contributed by atoms with Crippen LogP contribution in [0.1, 0.15) is 24.6 Å². The van der Waals surface area contributed by atoms with Crippen molar-refractivity contribution in [2.75, 3.05) is 12.3 Å². The molecule has 2 aliphatic rings. The molecular weight excluding hydrogens is 449 g/mol. The number of nitrogens with one attached hydrogen (secondary N) is 2. The molecule has 3 heterocycles. The van der Waals surface area contributed by atoms with Gasteiger partial charge in [0.15, 0.2) is 11.9 Å². The van der Waals surface area contributed by atoms with Crippen LogP contribution in [0.15, 0.2) is 11.0 Å². The lowest BCUT2D eigenvalue weighted by Crippen LogP contribution is -2.39. The van der Waals surface area contributed by atoms with Crippen LogP contribution >= 0.6 is 8.25 Å². The zero-order valence-electron chi connectivity index (χ0n) is 16.7. The Hall–Kier alpha value is -2.00. The van der Waals surface area contributed by atoms with Gasteiger partial charge in [-0.25, -0.2) is 0 Å². The maximum atomic E-state index is 12.6. The highest BCUT2D eigenvalue weighted by Gasteiger charge is 2.46. The number of aliphatic hydroxyl groups is 4. The third kappa shape index (κ3) is 4.29. The van der Waals surface area contributed by atoms with Gasteiger partial charge < -0.3 is 40.8 Å². The third-order valence-electron chi connectivity index (χ3n) is 5.87. The highest BCUT2D eigenvalue weighted by molar-refractivity contribution is 7.32. The molecule has 2 fully saturated rings. The Morgan fingerprint density at radius 1 is 1.28 bits per heavy atom. The predicted molar refractivity (Wildman–Crippen MR) is 108 cm³/mol.